The standard InChI is InChI=1S/C15H18N2O4/c1-10-4-2-5-11(8-10)14(19)16-9-13(18)17-7-3-6-12(17)15(20)21/h2,4-5,8,12H,3,6-7,9H2,1H3,(H,16,19)(H,20,21). The van der Waals surface area contributed by atoms with Crippen molar-refractivity contribution in [2.45, 2.75) is 25.8 Å². The summed E-state index contributed by atoms with van der Waals surface area (Å²) in [6, 6.07) is 6.28. The number of rotatable bonds is 4. The highest BCUT2D eigenvalue weighted by Crippen LogP contribution is 2.17. The molecule has 2 N–H and O–H groups in total. The number of nitrogens with one attached hydrogen (secondary N) is 1. The Morgan fingerprint density at radius 3 is 2.81 bits per heavy atom. The van der Waals surface area contributed by atoms with Gasteiger partial charge in [-0.2, -0.15) is 0 Å². The van der Waals surface area contributed by atoms with E-state index in [4.69, 9.17) is 5.11 Å². The van der Waals surface area contributed by atoms with Gasteiger partial charge in [0.2, 0.25) is 5.91 Å². The van der Waals surface area contributed by atoms with E-state index in [0.717, 1.165) is 5.56 Å². The Labute approximate surface area is 122 Å². The van der Waals surface area contributed by atoms with Gasteiger partial charge >= 0.3 is 5.97 Å². The van der Waals surface area contributed by atoms with Crippen molar-refractivity contribution in [3.8, 4) is 0 Å². The zero-order valence-corrected chi connectivity index (χ0v) is 11.8. The van der Waals surface area contributed by atoms with Gasteiger partial charge in [0.25, 0.3) is 5.91 Å². The summed E-state index contributed by atoms with van der Waals surface area (Å²) in [5.74, 6) is -1.69. The molecule has 0 radical (unpaired) electrons. The molecule has 0 spiro atoms. The van der Waals surface area contributed by atoms with Crippen LogP contribution in [0.15, 0.2) is 24.3 Å². The highest BCUT2D eigenvalue weighted by molar-refractivity contribution is 5.97. The number of carbonyl (C=O) groups is 3. The highest BCUT2D eigenvalue weighted by atomic mass is 16.4. The van der Waals surface area contributed by atoms with Crippen LogP contribution in [0.1, 0.15) is 28.8 Å². The molecule has 1 atom stereocenters. The van der Waals surface area contributed by atoms with Gasteiger partial charge in [-0.15, -0.1) is 0 Å². The van der Waals surface area contributed by atoms with E-state index < -0.39 is 12.0 Å². The van der Waals surface area contributed by atoms with Crippen LogP contribution in [0.4, 0.5) is 0 Å². The molecule has 1 unspecified atom stereocenters. The summed E-state index contributed by atoms with van der Waals surface area (Å²) in [7, 11) is 0. The second-order valence-electron chi connectivity index (χ2n) is 5.14. The molecule has 1 aromatic rings. The van der Waals surface area contributed by atoms with Gasteiger partial charge < -0.3 is 15.3 Å². The van der Waals surface area contributed by atoms with Crippen molar-refractivity contribution >= 4 is 17.8 Å². The van der Waals surface area contributed by atoms with Gasteiger partial charge in [-0.05, 0) is 31.9 Å². The third-order valence-electron chi connectivity index (χ3n) is 3.54. The molecule has 1 heterocycles. The molecule has 1 aromatic carbocycles. The number of hydrogen-bond acceptors (Lipinski definition) is 3. The van der Waals surface area contributed by atoms with E-state index in [1.165, 1.54) is 4.90 Å². The fourth-order valence-corrected chi connectivity index (χ4v) is 2.47. The van der Waals surface area contributed by atoms with Crippen LogP contribution in [0.25, 0.3) is 0 Å². The van der Waals surface area contributed by atoms with Gasteiger partial charge in [0.15, 0.2) is 0 Å². The minimum absolute atomic E-state index is 0.184. The Kier molecular flexibility index (Phi) is 4.57. The summed E-state index contributed by atoms with van der Waals surface area (Å²) >= 11 is 0. The van der Waals surface area contributed by atoms with Crippen molar-refractivity contribution in [3.63, 3.8) is 0 Å². The lowest BCUT2D eigenvalue weighted by molar-refractivity contribution is -0.147. The molecule has 6 nitrogen and oxygen atoms in total. The molecule has 0 aliphatic carbocycles. The average Bonchev–Trinajstić information content (AvgIpc) is 2.94. The number of aryl methyl sites for hydroxylation is 1. The lowest BCUT2D eigenvalue weighted by Crippen LogP contribution is -2.45. The fourth-order valence-electron chi connectivity index (χ4n) is 2.47. The molecule has 2 amide bonds. The van der Waals surface area contributed by atoms with E-state index in [1.54, 1.807) is 18.2 Å². The van der Waals surface area contributed by atoms with Crippen LogP contribution in [-0.4, -0.2) is 46.9 Å². The van der Waals surface area contributed by atoms with Crippen molar-refractivity contribution in [2.24, 2.45) is 0 Å². The first-order valence-electron chi connectivity index (χ1n) is 6.86. The van der Waals surface area contributed by atoms with Crippen molar-refractivity contribution in [3.05, 3.63) is 35.4 Å². The summed E-state index contributed by atoms with van der Waals surface area (Å²) in [4.78, 5) is 36.3. The highest BCUT2D eigenvalue weighted by Gasteiger charge is 2.33. The first-order chi connectivity index (χ1) is 9.99. The Morgan fingerprint density at radius 2 is 2.14 bits per heavy atom. The number of likely N-dealkylation sites (tertiary alicyclic amines) is 1. The molecule has 21 heavy (non-hydrogen) atoms. The van der Waals surface area contributed by atoms with Crippen LogP contribution < -0.4 is 5.32 Å². The van der Waals surface area contributed by atoms with Gasteiger partial charge in [-0.25, -0.2) is 4.79 Å². The van der Waals surface area contributed by atoms with Crippen molar-refractivity contribution in [1.82, 2.24) is 10.2 Å². The summed E-state index contributed by atoms with van der Waals surface area (Å²) in [6.45, 7) is 2.12. The van der Waals surface area contributed by atoms with Crippen LogP contribution in [0.3, 0.4) is 0 Å². The number of aliphatic carboxylic acids is 1. The molecule has 6 heteroatoms. The molecule has 1 saturated heterocycles. The van der Waals surface area contributed by atoms with Gasteiger partial charge in [-0.3, -0.25) is 9.59 Å². The summed E-state index contributed by atoms with van der Waals surface area (Å²) in [6.07, 6.45) is 1.14. The summed E-state index contributed by atoms with van der Waals surface area (Å²) < 4.78 is 0. The Hall–Kier alpha value is -2.37. The van der Waals surface area contributed by atoms with Crippen molar-refractivity contribution in [2.75, 3.05) is 13.1 Å². The Morgan fingerprint density at radius 1 is 1.38 bits per heavy atom. The van der Waals surface area contributed by atoms with E-state index in [0.29, 0.717) is 24.9 Å². The van der Waals surface area contributed by atoms with Gasteiger partial charge in [0.05, 0.1) is 6.54 Å². The SMILES string of the molecule is Cc1cccc(C(=O)NCC(=O)N2CCCC2C(=O)O)c1. The van der Waals surface area contributed by atoms with Crippen LogP contribution in [0.2, 0.25) is 0 Å². The van der Waals surface area contributed by atoms with Crippen LogP contribution in [0, 0.1) is 6.92 Å². The number of nitrogens with zero attached hydrogens (tertiary/aromatic N) is 1. The number of carboxylic acid groups (broad SMARTS) is 1. The first-order valence-corrected chi connectivity index (χ1v) is 6.86. The van der Waals surface area contributed by atoms with E-state index in [9.17, 15) is 14.4 Å². The lowest BCUT2D eigenvalue weighted by atomic mass is 10.1. The van der Waals surface area contributed by atoms with E-state index in [-0.39, 0.29) is 18.4 Å². The summed E-state index contributed by atoms with van der Waals surface area (Å²) in [5.41, 5.74) is 1.44. The van der Waals surface area contributed by atoms with Gasteiger partial charge in [0, 0.05) is 12.1 Å². The van der Waals surface area contributed by atoms with Gasteiger partial charge in [0.1, 0.15) is 6.04 Å². The minimum Gasteiger partial charge on any atom is -0.480 e. The molecule has 1 aliphatic heterocycles. The maximum atomic E-state index is 12.0. The zero-order chi connectivity index (χ0) is 15.4. The fraction of sp³-hybridized carbons (Fsp3) is 0.400. The normalized spacial score (nSPS) is 17.6. The van der Waals surface area contributed by atoms with Crippen molar-refractivity contribution in [1.29, 1.82) is 0 Å². The second-order valence-corrected chi connectivity index (χ2v) is 5.14. The Bertz CT molecular complexity index is 571. The molecule has 0 saturated carbocycles. The smallest absolute Gasteiger partial charge is 0.326 e. The Balaban J connectivity index is 1.92. The molecule has 1 fully saturated rings. The molecule has 0 bridgehead atoms. The topological polar surface area (TPSA) is 86.7 Å². The van der Waals surface area contributed by atoms with E-state index in [1.807, 2.05) is 13.0 Å². The average molecular weight is 290 g/mol. The van der Waals surface area contributed by atoms with Crippen molar-refractivity contribution < 1.29 is 19.5 Å². The van der Waals surface area contributed by atoms with E-state index >= 15 is 0 Å². The zero-order valence-electron chi connectivity index (χ0n) is 11.8. The third-order valence-corrected chi connectivity index (χ3v) is 3.54. The molecule has 2 rings (SSSR count). The van der Waals surface area contributed by atoms with Crippen LogP contribution in [-0.2, 0) is 9.59 Å². The lowest BCUT2D eigenvalue weighted by Gasteiger charge is -2.21. The first kappa shape index (κ1) is 15.0. The predicted octanol–water partition coefficient (Wildman–Crippen LogP) is 0.800. The number of amides is 2. The van der Waals surface area contributed by atoms with Gasteiger partial charge in [-0.1, -0.05) is 17.7 Å². The summed E-state index contributed by atoms with van der Waals surface area (Å²) in [5, 5.41) is 11.6. The second kappa shape index (κ2) is 6.39. The number of hydrogen-bond donors (Lipinski definition) is 2. The van der Waals surface area contributed by atoms with E-state index in [2.05, 4.69) is 5.32 Å². The van der Waals surface area contributed by atoms with Crippen LogP contribution >= 0.6 is 0 Å². The molecular weight excluding hydrogens is 272 g/mol. The number of carboxylic acids is 1. The molecular formula is C15H18N2O4. The third kappa shape index (κ3) is 3.59. The largest absolute Gasteiger partial charge is 0.480 e. The number of benzene rings is 1. The monoisotopic (exact) mass is 290 g/mol. The number of carbonyl (C=O) groups excluding carboxylic acids is 2. The molecule has 0 aromatic heterocycles. The quantitative estimate of drug-likeness (QED) is 0.858. The predicted molar refractivity (Wildman–Crippen MR) is 75.9 cm³/mol. The maximum absolute atomic E-state index is 12.0. The maximum Gasteiger partial charge on any atom is 0.326 e. The van der Waals surface area contributed by atoms with Crippen LogP contribution in [0.5, 0.6) is 0 Å². The minimum atomic E-state index is -0.995. The molecule has 1 aliphatic rings. The molecule has 112 valence electrons.